The molecule has 0 heterocycles. The Balaban J connectivity index is 1.37. The average Bonchev–Trinajstić information content (AvgIpc) is 3.43. The Bertz CT molecular complexity index is 1040. The summed E-state index contributed by atoms with van der Waals surface area (Å²) in [6.07, 6.45) is 1.35. The number of rotatable bonds is 9. The fourth-order valence-corrected chi connectivity index (χ4v) is 5.08. The highest BCUT2D eigenvalue weighted by Crippen LogP contribution is 2.44. The second kappa shape index (κ2) is 10.9. The molecule has 3 atom stereocenters. The van der Waals surface area contributed by atoms with Gasteiger partial charge in [-0.3, -0.25) is 9.59 Å². The summed E-state index contributed by atoms with van der Waals surface area (Å²) in [6.45, 7) is 0.773. The minimum Gasteiger partial charge on any atom is -0.481 e. The molecule has 0 aliphatic heterocycles. The van der Waals surface area contributed by atoms with Crippen molar-refractivity contribution in [2.24, 2.45) is 5.92 Å². The lowest BCUT2D eigenvalue weighted by Crippen LogP contribution is -2.50. The van der Waals surface area contributed by atoms with Gasteiger partial charge in [0.25, 0.3) is 0 Å². The Morgan fingerprint density at radius 3 is 2.23 bits per heavy atom. The molecule has 2 aliphatic carbocycles. The Morgan fingerprint density at radius 2 is 1.66 bits per heavy atom. The van der Waals surface area contributed by atoms with Crippen LogP contribution in [0, 0.1) is 5.92 Å². The van der Waals surface area contributed by atoms with Crippen LogP contribution >= 0.6 is 0 Å². The van der Waals surface area contributed by atoms with E-state index in [0.717, 1.165) is 22.3 Å². The summed E-state index contributed by atoms with van der Waals surface area (Å²) in [7, 11) is 3.80. The van der Waals surface area contributed by atoms with Crippen molar-refractivity contribution in [1.29, 1.82) is 0 Å². The number of carboxylic acid groups (broad SMARTS) is 1. The first-order valence-electron chi connectivity index (χ1n) is 12.1. The molecule has 186 valence electrons. The molecule has 4 rings (SSSR count). The third kappa shape index (κ3) is 5.82. The standard InChI is InChI=1S/C27H33N3O5/c1-30(2)14-13-24(25(31)28-18-12-11-17(15-18)26(32)33)29-27(34)35-16-23-21-9-5-3-7-19(21)20-8-4-6-10-22(20)23/h3-10,17-18,23-24H,11-16H2,1-2H3,(H,28,31)(H,29,34)(H,32,33). The van der Waals surface area contributed by atoms with Gasteiger partial charge in [-0.2, -0.15) is 0 Å². The second-order valence-electron chi connectivity index (χ2n) is 9.67. The number of nitrogens with one attached hydrogen (secondary N) is 2. The fraction of sp³-hybridized carbons (Fsp3) is 0.444. The van der Waals surface area contributed by atoms with Crippen LogP contribution in [0.1, 0.15) is 42.7 Å². The molecule has 2 aliphatic rings. The van der Waals surface area contributed by atoms with Crippen LogP contribution in [-0.2, 0) is 14.3 Å². The van der Waals surface area contributed by atoms with Crippen molar-refractivity contribution in [2.75, 3.05) is 27.2 Å². The van der Waals surface area contributed by atoms with Gasteiger partial charge in [-0.25, -0.2) is 4.79 Å². The summed E-state index contributed by atoms with van der Waals surface area (Å²) in [5.41, 5.74) is 4.54. The second-order valence-corrected chi connectivity index (χ2v) is 9.67. The molecule has 8 heteroatoms. The monoisotopic (exact) mass is 479 g/mol. The molecule has 2 amide bonds. The van der Waals surface area contributed by atoms with Gasteiger partial charge in [-0.1, -0.05) is 48.5 Å². The number of aliphatic carboxylic acids is 1. The maximum atomic E-state index is 13.0. The zero-order valence-electron chi connectivity index (χ0n) is 20.2. The average molecular weight is 480 g/mol. The molecule has 3 unspecified atom stereocenters. The Kier molecular flexibility index (Phi) is 7.70. The molecular formula is C27H33N3O5. The topological polar surface area (TPSA) is 108 Å². The number of alkyl carbamates (subject to hydrolysis) is 1. The van der Waals surface area contributed by atoms with E-state index in [9.17, 15) is 19.5 Å². The van der Waals surface area contributed by atoms with E-state index in [1.54, 1.807) is 0 Å². The zero-order chi connectivity index (χ0) is 24.9. The van der Waals surface area contributed by atoms with Crippen LogP contribution in [-0.4, -0.2) is 67.3 Å². The Labute approximate surface area is 205 Å². The first-order valence-corrected chi connectivity index (χ1v) is 12.1. The summed E-state index contributed by atoms with van der Waals surface area (Å²) in [5, 5.41) is 14.9. The lowest BCUT2D eigenvalue weighted by molar-refractivity contribution is -0.141. The van der Waals surface area contributed by atoms with Crippen molar-refractivity contribution in [3.05, 3.63) is 59.7 Å². The van der Waals surface area contributed by atoms with E-state index in [-0.39, 0.29) is 24.5 Å². The molecule has 8 nitrogen and oxygen atoms in total. The summed E-state index contributed by atoms with van der Waals surface area (Å²) in [5.74, 6) is -1.64. The number of fused-ring (bicyclic) bond motifs is 3. The van der Waals surface area contributed by atoms with Crippen LogP contribution in [0.4, 0.5) is 4.79 Å². The Morgan fingerprint density at radius 1 is 1.03 bits per heavy atom. The van der Waals surface area contributed by atoms with E-state index in [0.29, 0.717) is 32.2 Å². The normalized spacial score (nSPS) is 19.6. The molecule has 0 spiro atoms. The zero-order valence-corrected chi connectivity index (χ0v) is 20.2. The van der Waals surface area contributed by atoms with Gasteiger partial charge < -0.3 is 25.4 Å². The molecule has 35 heavy (non-hydrogen) atoms. The minimum absolute atomic E-state index is 0.0614. The maximum absolute atomic E-state index is 13.0. The number of carbonyl (C=O) groups excluding carboxylic acids is 2. The number of nitrogens with zero attached hydrogens (tertiary/aromatic N) is 1. The first-order chi connectivity index (χ1) is 16.8. The third-order valence-corrected chi connectivity index (χ3v) is 6.95. The van der Waals surface area contributed by atoms with E-state index in [1.165, 1.54) is 0 Å². The van der Waals surface area contributed by atoms with Crippen molar-refractivity contribution < 1.29 is 24.2 Å². The molecule has 1 fully saturated rings. The van der Waals surface area contributed by atoms with Gasteiger partial charge in [0.05, 0.1) is 5.92 Å². The first kappa shape index (κ1) is 24.7. The number of hydrogen-bond acceptors (Lipinski definition) is 5. The predicted octanol–water partition coefficient (Wildman–Crippen LogP) is 3.21. The largest absolute Gasteiger partial charge is 0.481 e. The van der Waals surface area contributed by atoms with Crippen LogP contribution in [0.5, 0.6) is 0 Å². The molecule has 0 saturated heterocycles. The van der Waals surface area contributed by atoms with Crippen LogP contribution < -0.4 is 10.6 Å². The smallest absolute Gasteiger partial charge is 0.407 e. The maximum Gasteiger partial charge on any atom is 0.407 e. The minimum atomic E-state index is -0.831. The number of carboxylic acids is 1. The highest BCUT2D eigenvalue weighted by Gasteiger charge is 2.33. The van der Waals surface area contributed by atoms with Crippen molar-refractivity contribution >= 4 is 18.0 Å². The van der Waals surface area contributed by atoms with Crippen molar-refractivity contribution in [2.45, 2.75) is 43.7 Å². The molecule has 2 aromatic carbocycles. The van der Waals surface area contributed by atoms with E-state index in [4.69, 9.17) is 4.74 Å². The molecule has 2 aromatic rings. The quantitative estimate of drug-likeness (QED) is 0.510. The highest BCUT2D eigenvalue weighted by atomic mass is 16.5. The van der Waals surface area contributed by atoms with Crippen molar-refractivity contribution in [3.63, 3.8) is 0 Å². The fourth-order valence-electron chi connectivity index (χ4n) is 5.08. The summed E-state index contributed by atoms with van der Waals surface area (Å²) >= 11 is 0. The Hall–Kier alpha value is -3.39. The third-order valence-electron chi connectivity index (χ3n) is 6.95. The summed E-state index contributed by atoms with van der Waals surface area (Å²) < 4.78 is 5.62. The van der Waals surface area contributed by atoms with Crippen LogP contribution in [0.25, 0.3) is 11.1 Å². The SMILES string of the molecule is CN(C)CCC(NC(=O)OCC1c2ccccc2-c2ccccc21)C(=O)NC1CCC(C(=O)O)C1. The molecule has 1 saturated carbocycles. The number of carbonyl (C=O) groups is 3. The predicted molar refractivity (Wildman–Crippen MR) is 132 cm³/mol. The van der Waals surface area contributed by atoms with Gasteiger partial charge in [0.1, 0.15) is 12.6 Å². The van der Waals surface area contributed by atoms with Crippen LogP contribution in [0.3, 0.4) is 0 Å². The van der Waals surface area contributed by atoms with E-state index < -0.39 is 24.0 Å². The molecule has 0 radical (unpaired) electrons. The van der Waals surface area contributed by atoms with Gasteiger partial charge in [-0.15, -0.1) is 0 Å². The summed E-state index contributed by atoms with van der Waals surface area (Å²) in [6, 6.07) is 15.3. The number of hydrogen-bond donors (Lipinski definition) is 3. The van der Waals surface area contributed by atoms with Crippen molar-refractivity contribution in [3.8, 4) is 11.1 Å². The number of benzene rings is 2. The van der Waals surface area contributed by atoms with Gasteiger partial charge >= 0.3 is 12.1 Å². The van der Waals surface area contributed by atoms with Crippen molar-refractivity contribution in [1.82, 2.24) is 15.5 Å². The molecule has 3 N–H and O–H groups in total. The number of amides is 2. The van der Waals surface area contributed by atoms with Gasteiger partial charge in [-0.05, 0) is 68.6 Å². The van der Waals surface area contributed by atoms with Gasteiger partial charge in [0, 0.05) is 12.0 Å². The van der Waals surface area contributed by atoms with Crippen LogP contribution in [0.2, 0.25) is 0 Å². The lowest BCUT2D eigenvalue weighted by atomic mass is 9.98. The van der Waals surface area contributed by atoms with Gasteiger partial charge in [0.15, 0.2) is 0 Å². The lowest BCUT2D eigenvalue weighted by Gasteiger charge is -2.23. The van der Waals surface area contributed by atoms with E-state index in [2.05, 4.69) is 34.9 Å². The van der Waals surface area contributed by atoms with E-state index in [1.807, 2.05) is 43.3 Å². The van der Waals surface area contributed by atoms with Gasteiger partial charge in [0.2, 0.25) is 5.91 Å². The summed E-state index contributed by atoms with van der Waals surface area (Å²) in [4.78, 5) is 38.9. The van der Waals surface area contributed by atoms with E-state index >= 15 is 0 Å². The van der Waals surface area contributed by atoms with Crippen LogP contribution in [0.15, 0.2) is 48.5 Å². The highest BCUT2D eigenvalue weighted by molar-refractivity contribution is 5.86. The molecule has 0 aromatic heterocycles. The molecule has 0 bridgehead atoms. The molecular weight excluding hydrogens is 446 g/mol. The number of ether oxygens (including phenoxy) is 1.